The van der Waals surface area contributed by atoms with Gasteiger partial charge >= 0.3 is 5.97 Å². The Kier molecular flexibility index (Phi) is 4.72. The number of halogens is 3. The lowest BCUT2D eigenvalue weighted by molar-refractivity contribution is -0.136. The molecule has 24 heavy (non-hydrogen) atoms. The van der Waals surface area contributed by atoms with E-state index in [0.717, 1.165) is 5.56 Å². The lowest BCUT2D eigenvalue weighted by Gasteiger charge is -2.12. The number of hydrogen-bond donors (Lipinski definition) is 1. The zero-order chi connectivity index (χ0) is 17.4. The summed E-state index contributed by atoms with van der Waals surface area (Å²) in [5, 5.41) is 9.59. The van der Waals surface area contributed by atoms with Gasteiger partial charge in [-0.05, 0) is 29.3 Å². The quantitative estimate of drug-likeness (QED) is 0.790. The SMILES string of the molecule is O=C(O)Cc1cc2c(c(C(=O)c3c(Cl)cc(Cl)cc3Cl)c1)OCC2. The van der Waals surface area contributed by atoms with Crippen LogP contribution in [0.3, 0.4) is 0 Å². The summed E-state index contributed by atoms with van der Waals surface area (Å²) in [6.07, 6.45) is 0.431. The Balaban J connectivity index is 2.14. The van der Waals surface area contributed by atoms with Crippen molar-refractivity contribution < 1.29 is 19.4 Å². The highest BCUT2D eigenvalue weighted by molar-refractivity contribution is 6.43. The molecule has 1 heterocycles. The summed E-state index contributed by atoms with van der Waals surface area (Å²) in [6, 6.07) is 6.13. The molecule has 7 heteroatoms. The third-order valence-corrected chi connectivity index (χ3v) is 4.49. The van der Waals surface area contributed by atoms with Crippen LogP contribution in [0.5, 0.6) is 5.75 Å². The van der Waals surface area contributed by atoms with Gasteiger partial charge in [0.25, 0.3) is 0 Å². The lowest BCUT2D eigenvalue weighted by Crippen LogP contribution is -2.08. The van der Waals surface area contributed by atoms with E-state index >= 15 is 0 Å². The third-order valence-electron chi connectivity index (χ3n) is 3.68. The van der Waals surface area contributed by atoms with Gasteiger partial charge in [0.05, 0.1) is 34.2 Å². The largest absolute Gasteiger partial charge is 0.492 e. The molecule has 0 radical (unpaired) electrons. The van der Waals surface area contributed by atoms with Crippen LogP contribution in [-0.2, 0) is 17.6 Å². The molecular formula is C17H11Cl3O4. The highest BCUT2D eigenvalue weighted by atomic mass is 35.5. The van der Waals surface area contributed by atoms with Crippen LogP contribution in [0.2, 0.25) is 15.1 Å². The molecule has 0 bridgehead atoms. The van der Waals surface area contributed by atoms with Crippen LogP contribution in [0.1, 0.15) is 27.0 Å². The van der Waals surface area contributed by atoms with E-state index in [1.807, 2.05) is 0 Å². The van der Waals surface area contributed by atoms with E-state index in [4.69, 9.17) is 44.6 Å². The van der Waals surface area contributed by atoms with Crippen molar-refractivity contribution >= 4 is 46.6 Å². The molecule has 1 aliphatic heterocycles. The fourth-order valence-electron chi connectivity index (χ4n) is 2.71. The highest BCUT2D eigenvalue weighted by Crippen LogP contribution is 2.37. The van der Waals surface area contributed by atoms with Crippen LogP contribution in [0, 0.1) is 0 Å². The van der Waals surface area contributed by atoms with E-state index in [1.165, 1.54) is 18.2 Å². The normalized spacial score (nSPS) is 12.6. The number of carbonyl (C=O) groups excluding carboxylic acids is 1. The molecule has 0 saturated heterocycles. The van der Waals surface area contributed by atoms with Gasteiger partial charge in [-0.2, -0.15) is 0 Å². The molecule has 2 aromatic carbocycles. The smallest absolute Gasteiger partial charge is 0.307 e. The van der Waals surface area contributed by atoms with Crippen molar-refractivity contribution in [1.29, 1.82) is 0 Å². The van der Waals surface area contributed by atoms with Crippen LogP contribution in [-0.4, -0.2) is 23.5 Å². The van der Waals surface area contributed by atoms with Gasteiger partial charge in [-0.3, -0.25) is 9.59 Å². The maximum Gasteiger partial charge on any atom is 0.307 e. The van der Waals surface area contributed by atoms with Crippen molar-refractivity contribution in [3.63, 3.8) is 0 Å². The van der Waals surface area contributed by atoms with Crippen LogP contribution in [0.25, 0.3) is 0 Å². The minimum atomic E-state index is -0.977. The number of fused-ring (bicyclic) bond motifs is 1. The summed E-state index contributed by atoms with van der Waals surface area (Å²) in [6.45, 7) is 0.439. The molecule has 0 spiro atoms. The lowest BCUT2D eigenvalue weighted by atomic mass is 9.96. The van der Waals surface area contributed by atoms with Gasteiger partial charge in [0, 0.05) is 11.4 Å². The Morgan fingerprint density at radius 3 is 2.38 bits per heavy atom. The zero-order valence-corrected chi connectivity index (χ0v) is 14.5. The Bertz CT molecular complexity index is 838. The first-order valence-electron chi connectivity index (χ1n) is 7.06. The van der Waals surface area contributed by atoms with Gasteiger partial charge in [0.1, 0.15) is 5.75 Å². The molecule has 4 nitrogen and oxygen atoms in total. The standard InChI is InChI=1S/C17H11Cl3O4/c18-10-6-12(19)15(13(20)7-10)16(23)11-4-8(5-14(21)22)3-9-1-2-24-17(9)11/h3-4,6-7H,1-2,5H2,(H,21,22). The second-order valence-electron chi connectivity index (χ2n) is 5.37. The maximum atomic E-state index is 13.0. The monoisotopic (exact) mass is 384 g/mol. The molecule has 0 atom stereocenters. The van der Waals surface area contributed by atoms with E-state index < -0.39 is 11.8 Å². The topological polar surface area (TPSA) is 63.6 Å². The molecule has 124 valence electrons. The molecule has 3 rings (SSSR count). The average Bonchev–Trinajstić information content (AvgIpc) is 2.92. The number of carboxylic acids is 1. The number of rotatable bonds is 4. The van der Waals surface area contributed by atoms with Gasteiger partial charge in [0.2, 0.25) is 0 Å². The number of carbonyl (C=O) groups is 2. The van der Waals surface area contributed by atoms with Gasteiger partial charge in [-0.15, -0.1) is 0 Å². The predicted molar refractivity (Wildman–Crippen MR) is 91.9 cm³/mol. The number of benzene rings is 2. The van der Waals surface area contributed by atoms with Crippen LogP contribution >= 0.6 is 34.8 Å². The first-order chi connectivity index (χ1) is 11.4. The molecule has 0 aromatic heterocycles. The second kappa shape index (κ2) is 6.63. The number of hydrogen-bond acceptors (Lipinski definition) is 3. The Hall–Kier alpha value is -1.75. The molecule has 1 N–H and O–H groups in total. The molecule has 1 aliphatic rings. The second-order valence-corrected chi connectivity index (χ2v) is 6.62. The number of ketones is 1. The Morgan fingerprint density at radius 1 is 1.08 bits per heavy atom. The minimum absolute atomic E-state index is 0.118. The van der Waals surface area contributed by atoms with Gasteiger partial charge < -0.3 is 9.84 Å². The van der Waals surface area contributed by atoms with E-state index in [9.17, 15) is 9.59 Å². The maximum absolute atomic E-state index is 13.0. The molecule has 2 aromatic rings. The highest BCUT2D eigenvalue weighted by Gasteiger charge is 2.26. The fraction of sp³-hybridized carbons (Fsp3) is 0.176. The average molecular weight is 386 g/mol. The summed E-state index contributed by atoms with van der Waals surface area (Å²) in [7, 11) is 0. The zero-order valence-electron chi connectivity index (χ0n) is 12.2. The minimum Gasteiger partial charge on any atom is -0.492 e. The fourth-order valence-corrected chi connectivity index (χ4v) is 3.70. The molecule has 0 aliphatic carbocycles. The van der Waals surface area contributed by atoms with Gasteiger partial charge in [-0.25, -0.2) is 0 Å². The summed E-state index contributed by atoms with van der Waals surface area (Å²) in [4.78, 5) is 24.0. The van der Waals surface area contributed by atoms with E-state index in [2.05, 4.69) is 0 Å². The molecule has 0 saturated carbocycles. The molecule has 0 amide bonds. The van der Waals surface area contributed by atoms with Crippen molar-refractivity contribution in [3.8, 4) is 5.75 Å². The van der Waals surface area contributed by atoms with Crippen molar-refractivity contribution in [2.24, 2.45) is 0 Å². The van der Waals surface area contributed by atoms with E-state index in [0.29, 0.717) is 29.4 Å². The first kappa shape index (κ1) is 17.1. The summed E-state index contributed by atoms with van der Waals surface area (Å²) < 4.78 is 5.56. The van der Waals surface area contributed by atoms with Gasteiger partial charge in [-0.1, -0.05) is 40.9 Å². The van der Waals surface area contributed by atoms with Crippen LogP contribution in [0.15, 0.2) is 24.3 Å². The van der Waals surface area contributed by atoms with Crippen LogP contribution < -0.4 is 4.74 Å². The summed E-state index contributed by atoms with van der Waals surface area (Å²) in [5.41, 5.74) is 1.70. The van der Waals surface area contributed by atoms with Crippen molar-refractivity contribution in [2.75, 3.05) is 6.61 Å². The van der Waals surface area contributed by atoms with E-state index in [1.54, 1.807) is 6.07 Å². The first-order valence-corrected chi connectivity index (χ1v) is 8.20. The number of carboxylic acid groups (broad SMARTS) is 1. The Morgan fingerprint density at radius 2 is 1.75 bits per heavy atom. The molecular weight excluding hydrogens is 375 g/mol. The third kappa shape index (κ3) is 3.22. The van der Waals surface area contributed by atoms with Crippen LogP contribution in [0.4, 0.5) is 0 Å². The Labute approximate surface area is 152 Å². The van der Waals surface area contributed by atoms with Crippen molar-refractivity contribution in [3.05, 3.63) is 61.6 Å². The number of aliphatic carboxylic acids is 1. The molecule has 0 unspecified atom stereocenters. The molecule has 0 fully saturated rings. The van der Waals surface area contributed by atoms with Gasteiger partial charge in [0.15, 0.2) is 5.78 Å². The van der Waals surface area contributed by atoms with Crippen molar-refractivity contribution in [2.45, 2.75) is 12.8 Å². The summed E-state index contributed by atoms with van der Waals surface area (Å²) >= 11 is 18.1. The number of ether oxygens (including phenoxy) is 1. The predicted octanol–water partition coefficient (Wildman–Crippen LogP) is 4.44. The van der Waals surface area contributed by atoms with E-state index in [-0.39, 0.29) is 27.6 Å². The summed E-state index contributed by atoms with van der Waals surface area (Å²) in [5.74, 6) is -0.946. The van der Waals surface area contributed by atoms with Crippen molar-refractivity contribution in [1.82, 2.24) is 0 Å².